The summed E-state index contributed by atoms with van der Waals surface area (Å²) in [5.41, 5.74) is 1.30. The Morgan fingerprint density at radius 2 is 2.00 bits per heavy atom. The quantitative estimate of drug-likeness (QED) is 0.672. The summed E-state index contributed by atoms with van der Waals surface area (Å²) in [6, 6.07) is 1.67. The summed E-state index contributed by atoms with van der Waals surface area (Å²) >= 11 is 0. The van der Waals surface area contributed by atoms with Crippen molar-refractivity contribution >= 4 is 5.78 Å². The third-order valence-corrected chi connectivity index (χ3v) is 1.87. The number of carbonyl (C=O) groups excluding carboxylic acids is 1. The van der Waals surface area contributed by atoms with Gasteiger partial charge in [0.15, 0.2) is 0 Å². The number of aromatic nitrogens is 2. The van der Waals surface area contributed by atoms with Crippen molar-refractivity contribution in [1.82, 2.24) is 9.97 Å². The van der Waals surface area contributed by atoms with Crippen molar-refractivity contribution in [2.24, 2.45) is 0 Å². The molecule has 0 saturated carbocycles. The summed E-state index contributed by atoms with van der Waals surface area (Å²) in [5, 5.41) is 0. The lowest BCUT2D eigenvalue weighted by molar-refractivity contribution is 0.102. The van der Waals surface area contributed by atoms with Crippen molar-refractivity contribution in [2.45, 2.75) is 6.92 Å². The van der Waals surface area contributed by atoms with Crippen LogP contribution in [0.25, 0.3) is 0 Å². The van der Waals surface area contributed by atoms with E-state index in [4.69, 9.17) is 4.42 Å². The van der Waals surface area contributed by atoms with Crippen LogP contribution >= 0.6 is 0 Å². The van der Waals surface area contributed by atoms with E-state index in [2.05, 4.69) is 9.97 Å². The Morgan fingerprint density at radius 3 is 2.57 bits per heavy atom. The van der Waals surface area contributed by atoms with Crippen molar-refractivity contribution in [3.05, 3.63) is 47.9 Å². The average molecular weight is 188 g/mol. The molecule has 2 heterocycles. The molecule has 4 heteroatoms. The fourth-order valence-corrected chi connectivity index (χ4v) is 1.13. The van der Waals surface area contributed by atoms with Gasteiger partial charge >= 0.3 is 0 Å². The summed E-state index contributed by atoms with van der Waals surface area (Å²) in [6.07, 6.45) is 6.01. The van der Waals surface area contributed by atoms with Crippen LogP contribution < -0.4 is 0 Å². The summed E-state index contributed by atoms with van der Waals surface area (Å²) < 4.78 is 4.91. The molecule has 0 unspecified atom stereocenters. The lowest BCUT2D eigenvalue weighted by Gasteiger charge is -1.95. The largest absolute Gasteiger partial charge is 0.472 e. The highest BCUT2D eigenvalue weighted by Gasteiger charge is 2.15. The first kappa shape index (κ1) is 8.62. The number of ketones is 1. The van der Waals surface area contributed by atoms with Crippen LogP contribution in [0, 0.1) is 6.92 Å². The first-order valence-electron chi connectivity index (χ1n) is 4.13. The third kappa shape index (κ3) is 1.42. The van der Waals surface area contributed by atoms with E-state index in [0.29, 0.717) is 5.56 Å². The Balaban J connectivity index is 2.39. The lowest BCUT2D eigenvalue weighted by Crippen LogP contribution is -2.06. The van der Waals surface area contributed by atoms with Crippen LogP contribution in [0.3, 0.4) is 0 Å². The summed E-state index contributed by atoms with van der Waals surface area (Å²) in [5.74, 6) is -0.0196. The molecule has 0 spiro atoms. The summed E-state index contributed by atoms with van der Waals surface area (Å²) in [6.45, 7) is 1.81. The molecule has 2 rings (SSSR count). The molecule has 0 aliphatic carbocycles. The Kier molecular flexibility index (Phi) is 2.10. The fraction of sp³-hybridized carbons (Fsp3) is 0.100. The Morgan fingerprint density at radius 1 is 1.29 bits per heavy atom. The van der Waals surface area contributed by atoms with Crippen LogP contribution in [0.2, 0.25) is 0 Å². The smallest absolute Gasteiger partial charge is 0.233 e. The van der Waals surface area contributed by atoms with Gasteiger partial charge < -0.3 is 4.42 Å². The maximum atomic E-state index is 11.7. The van der Waals surface area contributed by atoms with E-state index in [9.17, 15) is 4.79 Å². The molecule has 0 fully saturated rings. The highest BCUT2D eigenvalue weighted by Crippen LogP contribution is 2.11. The van der Waals surface area contributed by atoms with Crippen LogP contribution in [0.1, 0.15) is 21.7 Å². The zero-order valence-electron chi connectivity index (χ0n) is 7.60. The van der Waals surface area contributed by atoms with Crippen molar-refractivity contribution in [3.8, 4) is 0 Å². The van der Waals surface area contributed by atoms with E-state index >= 15 is 0 Å². The molecule has 0 atom stereocenters. The van der Waals surface area contributed by atoms with Gasteiger partial charge in [-0.3, -0.25) is 4.79 Å². The maximum Gasteiger partial charge on any atom is 0.233 e. The molecule has 2 aromatic rings. The Bertz CT molecular complexity index is 448. The Hall–Kier alpha value is -1.97. The molecule has 0 N–H and O–H groups in total. The van der Waals surface area contributed by atoms with Crippen LogP contribution in [0.4, 0.5) is 0 Å². The number of hydrogen-bond acceptors (Lipinski definition) is 4. The minimum atomic E-state index is -0.211. The molecular formula is C10H8N2O2. The molecule has 0 radical (unpaired) electrons. The van der Waals surface area contributed by atoms with Crippen LogP contribution in [-0.2, 0) is 0 Å². The van der Waals surface area contributed by atoms with E-state index in [1.54, 1.807) is 13.0 Å². The van der Waals surface area contributed by atoms with Crippen LogP contribution in [0.5, 0.6) is 0 Å². The first-order chi connectivity index (χ1) is 6.79. The Labute approximate surface area is 80.6 Å². The van der Waals surface area contributed by atoms with Crippen LogP contribution in [0.15, 0.2) is 35.4 Å². The second kappa shape index (κ2) is 3.41. The van der Waals surface area contributed by atoms with Gasteiger partial charge in [-0.1, -0.05) is 0 Å². The highest BCUT2D eigenvalue weighted by molar-refractivity contribution is 6.07. The number of hydrogen-bond donors (Lipinski definition) is 0. The molecular weight excluding hydrogens is 180 g/mol. The molecule has 14 heavy (non-hydrogen) atoms. The first-order valence-corrected chi connectivity index (χ1v) is 4.13. The number of nitrogens with zero attached hydrogens (tertiary/aromatic N) is 2. The van der Waals surface area contributed by atoms with E-state index in [1.807, 2.05) is 0 Å². The summed E-state index contributed by atoms with van der Waals surface area (Å²) in [7, 11) is 0. The maximum absolute atomic E-state index is 11.7. The number of rotatable bonds is 2. The van der Waals surface area contributed by atoms with Crippen molar-refractivity contribution in [3.63, 3.8) is 0 Å². The van der Waals surface area contributed by atoms with Crippen molar-refractivity contribution < 1.29 is 9.21 Å². The standard InChI is InChI=1S/C10H8N2O2/c1-7-5-14-6-8(7)9(13)10-11-3-2-4-12-10/h2-6H,1H3. The van der Waals surface area contributed by atoms with E-state index in [-0.39, 0.29) is 11.6 Å². The second-order valence-corrected chi connectivity index (χ2v) is 2.87. The lowest BCUT2D eigenvalue weighted by atomic mass is 10.1. The van der Waals surface area contributed by atoms with Gasteiger partial charge in [-0.15, -0.1) is 0 Å². The SMILES string of the molecule is Cc1cocc1C(=O)c1ncccn1. The second-order valence-electron chi connectivity index (χ2n) is 2.87. The van der Waals surface area contributed by atoms with Gasteiger partial charge in [-0.2, -0.15) is 0 Å². The molecule has 2 aromatic heterocycles. The van der Waals surface area contributed by atoms with Gasteiger partial charge in [0.2, 0.25) is 11.6 Å². The number of furan rings is 1. The molecule has 0 saturated heterocycles. The molecule has 0 aromatic carbocycles. The normalized spacial score (nSPS) is 10.1. The molecule has 0 bridgehead atoms. The van der Waals surface area contributed by atoms with Crippen molar-refractivity contribution in [2.75, 3.05) is 0 Å². The predicted molar refractivity (Wildman–Crippen MR) is 48.9 cm³/mol. The molecule has 0 aliphatic rings. The fourth-order valence-electron chi connectivity index (χ4n) is 1.13. The van der Waals surface area contributed by atoms with E-state index < -0.39 is 0 Å². The zero-order chi connectivity index (χ0) is 9.97. The van der Waals surface area contributed by atoms with Gasteiger partial charge in [-0.25, -0.2) is 9.97 Å². The highest BCUT2D eigenvalue weighted by atomic mass is 16.3. The van der Waals surface area contributed by atoms with Gasteiger partial charge in [-0.05, 0) is 18.6 Å². The molecule has 0 amide bonds. The summed E-state index contributed by atoms with van der Waals surface area (Å²) in [4.78, 5) is 19.5. The third-order valence-electron chi connectivity index (χ3n) is 1.87. The average Bonchev–Trinajstić information content (AvgIpc) is 2.65. The monoisotopic (exact) mass is 188 g/mol. The minimum Gasteiger partial charge on any atom is -0.472 e. The predicted octanol–water partition coefficient (Wildman–Crippen LogP) is 1.61. The molecule has 4 nitrogen and oxygen atoms in total. The van der Waals surface area contributed by atoms with Crippen molar-refractivity contribution in [1.29, 1.82) is 0 Å². The number of carbonyl (C=O) groups is 1. The van der Waals surface area contributed by atoms with Gasteiger partial charge in [0.25, 0.3) is 0 Å². The topological polar surface area (TPSA) is 56.0 Å². The van der Waals surface area contributed by atoms with E-state index in [1.165, 1.54) is 24.9 Å². The molecule has 0 aliphatic heterocycles. The van der Waals surface area contributed by atoms with Gasteiger partial charge in [0, 0.05) is 12.4 Å². The van der Waals surface area contributed by atoms with Gasteiger partial charge in [0.1, 0.15) is 6.26 Å². The zero-order valence-corrected chi connectivity index (χ0v) is 7.60. The number of aryl methyl sites for hydroxylation is 1. The minimum absolute atomic E-state index is 0.192. The van der Waals surface area contributed by atoms with E-state index in [0.717, 1.165) is 5.56 Å². The van der Waals surface area contributed by atoms with Gasteiger partial charge in [0.05, 0.1) is 11.8 Å². The van der Waals surface area contributed by atoms with Crippen LogP contribution in [-0.4, -0.2) is 15.8 Å². The molecule has 70 valence electrons.